The molecule has 3 aromatic rings. The summed E-state index contributed by atoms with van der Waals surface area (Å²) in [5.41, 5.74) is 0.680. The topological polar surface area (TPSA) is 75.9 Å². The van der Waals surface area contributed by atoms with Gasteiger partial charge in [-0.25, -0.2) is 9.37 Å². The molecule has 1 saturated carbocycles. The first-order valence-electron chi connectivity index (χ1n) is 9.86. The molecule has 5 rings (SSSR count). The van der Waals surface area contributed by atoms with Crippen LogP contribution in [0.5, 0.6) is 0 Å². The largest absolute Gasteiger partial charge is 0.341 e. The Balaban J connectivity index is 1.25. The van der Waals surface area contributed by atoms with E-state index in [9.17, 15) is 9.18 Å². The molecule has 3 heterocycles. The Kier molecular flexibility index (Phi) is 5.13. The number of benzene rings is 1. The Morgan fingerprint density at radius 2 is 2.07 bits per heavy atom. The lowest BCUT2D eigenvalue weighted by Crippen LogP contribution is -2.32. The number of halogens is 1. The maximum atomic E-state index is 13.3. The Bertz CT molecular complexity index is 1040. The second-order valence-electron chi connectivity index (χ2n) is 7.40. The molecule has 2 aromatic heterocycles. The standard InChI is InChI=1S/C19H21FN6OS2/c20-12-4-7-14-15(10-12)29-17(21-14)22-16(27)11-28-19-24-23-18(26(19)13-5-6-13)25-8-2-1-3-9-25/h4,7,10,13H,1-3,5-6,8-9,11H2,(H,21,22,27). The normalized spacial score (nSPS) is 17.1. The predicted octanol–water partition coefficient (Wildman–Crippen LogP) is 4.08. The third kappa shape index (κ3) is 4.09. The van der Waals surface area contributed by atoms with E-state index in [0.717, 1.165) is 37.0 Å². The van der Waals surface area contributed by atoms with Gasteiger partial charge in [-0.1, -0.05) is 23.1 Å². The van der Waals surface area contributed by atoms with Crippen LogP contribution in [0.4, 0.5) is 15.5 Å². The number of carbonyl (C=O) groups is 1. The highest BCUT2D eigenvalue weighted by Crippen LogP contribution is 2.41. The average molecular weight is 433 g/mol. The minimum absolute atomic E-state index is 0.153. The molecule has 2 fully saturated rings. The number of piperidine rings is 1. The third-order valence-corrected chi connectivity index (χ3v) is 7.00. The SMILES string of the molecule is O=C(CSc1nnc(N2CCCCC2)n1C1CC1)Nc1nc2ccc(F)cc2s1. The van der Waals surface area contributed by atoms with E-state index in [1.807, 2.05) is 0 Å². The molecule has 0 radical (unpaired) electrons. The van der Waals surface area contributed by atoms with Crippen LogP contribution in [0.3, 0.4) is 0 Å². The number of fused-ring (bicyclic) bond motifs is 1. The number of amides is 1. The van der Waals surface area contributed by atoms with Crippen LogP contribution in [0.1, 0.15) is 38.1 Å². The smallest absolute Gasteiger partial charge is 0.236 e. The first-order valence-corrected chi connectivity index (χ1v) is 11.7. The Morgan fingerprint density at radius 3 is 2.86 bits per heavy atom. The minimum Gasteiger partial charge on any atom is -0.341 e. The van der Waals surface area contributed by atoms with Crippen molar-refractivity contribution in [3.8, 4) is 0 Å². The van der Waals surface area contributed by atoms with E-state index in [4.69, 9.17) is 0 Å². The van der Waals surface area contributed by atoms with Gasteiger partial charge in [0.2, 0.25) is 11.9 Å². The highest BCUT2D eigenvalue weighted by Gasteiger charge is 2.32. The number of hydrogen-bond acceptors (Lipinski definition) is 7. The molecular weight excluding hydrogens is 411 g/mol. The molecule has 1 amide bonds. The molecule has 1 aliphatic heterocycles. The average Bonchev–Trinajstić information content (AvgIpc) is 3.35. The van der Waals surface area contributed by atoms with Gasteiger partial charge in [0.15, 0.2) is 10.3 Å². The molecule has 2 aliphatic rings. The summed E-state index contributed by atoms with van der Waals surface area (Å²) < 4.78 is 16.3. The van der Waals surface area contributed by atoms with Gasteiger partial charge in [0.1, 0.15) is 5.82 Å². The number of thioether (sulfide) groups is 1. The fraction of sp³-hybridized carbons (Fsp3) is 0.474. The zero-order valence-electron chi connectivity index (χ0n) is 15.8. The first kappa shape index (κ1) is 18.8. The summed E-state index contributed by atoms with van der Waals surface area (Å²) in [5.74, 6) is 0.719. The summed E-state index contributed by atoms with van der Waals surface area (Å²) in [5, 5.41) is 12.9. The third-order valence-electron chi connectivity index (χ3n) is 5.13. The minimum atomic E-state index is -0.307. The van der Waals surface area contributed by atoms with Crippen molar-refractivity contribution in [2.24, 2.45) is 0 Å². The van der Waals surface area contributed by atoms with E-state index >= 15 is 0 Å². The summed E-state index contributed by atoms with van der Waals surface area (Å²) >= 11 is 2.67. The van der Waals surface area contributed by atoms with E-state index in [1.165, 1.54) is 54.5 Å². The maximum Gasteiger partial charge on any atom is 0.236 e. The molecule has 1 aromatic carbocycles. The van der Waals surface area contributed by atoms with Gasteiger partial charge in [0.05, 0.1) is 16.0 Å². The number of nitrogens with one attached hydrogen (secondary N) is 1. The van der Waals surface area contributed by atoms with E-state index in [1.54, 1.807) is 6.07 Å². The molecular formula is C19H21FN6OS2. The van der Waals surface area contributed by atoms with Gasteiger partial charge in [-0.2, -0.15) is 0 Å². The molecule has 0 spiro atoms. The molecule has 10 heteroatoms. The van der Waals surface area contributed by atoms with E-state index < -0.39 is 0 Å². The van der Waals surface area contributed by atoms with Gasteiger partial charge < -0.3 is 10.2 Å². The highest BCUT2D eigenvalue weighted by atomic mass is 32.2. The van der Waals surface area contributed by atoms with Gasteiger partial charge in [0.25, 0.3) is 0 Å². The van der Waals surface area contributed by atoms with Crippen molar-refractivity contribution >= 4 is 50.3 Å². The molecule has 0 unspecified atom stereocenters. The zero-order chi connectivity index (χ0) is 19.8. The van der Waals surface area contributed by atoms with E-state index in [0.29, 0.717) is 21.4 Å². The second kappa shape index (κ2) is 7.91. The van der Waals surface area contributed by atoms with Crippen LogP contribution < -0.4 is 10.2 Å². The van der Waals surface area contributed by atoms with Crippen LogP contribution >= 0.6 is 23.1 Å². The van der Waals surface area contributed by atoms with Crippen LogP contribution in [0.15, 0.2) is 23.4 Å². The maximum absolute atomic E-state index is 13.3. The summed E-state index contributed by atoms with van der Waals surface area (Å²) in [7, 11) is 0. The summed E-state index contributed by atoms with van der Waals surface area (Å²) in [6.07, 6.45) is 5.93. The molecule has 1 saturated heterocycles. The number of nitrogens with zero attached hydrogens (tertiary/aromatic N) is 5. The first-order chi connectivity index (χ1) is 14.2. The Hall–Kier alpha value is -2.20. The second-order valence-corrected chi connectivity index (χ2v) is 9.37. The lowest BCUT2D eigenvalue weighted by Gasteiger charge is -2.27. The van der Waals surface area contributed by atoms with Crippen molar-refractivity contribution in [1.82, 2.24) is 19.7 Å². The highest BCUT2D eigenvalue weighted by molar-refractivity contribution is 7.99. The zero-order valence-corrected chi connectivity index (χ0v) is 17.4. The van der Waals surface area contributed by atoms with Crippen molar-refractivity contribution in [2.45, 2.75) is 43.3 Å². The van der Waals surface area contributed by atoms with Gasteiger partial charge in [0, 0.05) is 19.1 Å². The van der Waals surface area contributed by atoms with Crippen LogP contribution in [-0.4, -0.2) is 44.5 Å². The monoisotopic (exact) mass is 432 g/mol. The Labute approximate surface area is 175 Å². The van der Waals surface area contributed by atoms with Crippen molar-refractivity contribution in [3.05, 3.63) is 24.0 Å². The fourth-order valence-corrected chi connectivity index (χ4v) is 5.27. The van der Waals surface area contributed by atoms with E-state index in [2.05, 4.69) is 30.0 Å². The van der Waals surface area contributed by atoms with Crippen LogP contribution in [0, 0.1) is 5.82 Å². The van der Waals surface area contributed by atoms with Crippen molar-refractivity contribution < 1.29 is 9.18 Å². The van der Waals surface area contributed by atoms with Crippen molar-refractivity contribution in [3.63, 3.8) is 0 Å². The number of carbonyl (C=O) groups excluding carboxylic acids is 1. The van der Waals surface area contributed by atoms with Gasteiger partial charge in [-0.05, 0) is 50.3 Å². The number of rotatable bonds is 6. The van der Waals surface area contributed by atoms with Crippen molar-refractivity contribution in [2.75, 3.05) is 29.1 Å². The molecule has 1 N–H and O–H groups in total. The number of anilines is 2. The van der Waals surface area contributed by atoms with E-state index in [-0.39, 0.29) is 17.5 Å². The van der Waals surface area contributed by atoms with Gasteiger partial charge >= 0.3 is 0 Å². The van der Waals surface area contributed by atoms with Gasteiger partial charge in [-0.15, -0.1) is 10.2 Å². The van der Waals surface area contributed by atoms with Crippen LogP contribution in [0.25, 0.3) is 10.2 Å². The summed E-state index contributed by atoms with van der Waals surface area (Å²) in [4.78, 5) is 19.1. The van der Waals surface area contributed by atoms with Crippen LogP contribution in [-0.2, 0) is 4.79 Å². The summed E-state index contributed by atoms with van der Waals surface area (Å²) in [6, 6.07) is 4.86. The van der Waals surface area contributed by atoms with Crippen molar-refractivity contribution in [1.29, 1.82) is 0 Å². The number of thiazole rings is 1. The molecule has 29 heavy (non-hydrogen) atoms. The quantitative estimate of drug-likeness (QED) is 0.592. The molecule has 0 atom stereocenters. The Morgan fingerprint density at radius 1 is 1.24 bits per heavy atom. The molecule has 152 valence electrons. The molecule has 0 bridgehead atoms. The number of hydrogen-bond donors (Lipinski definition) is 1. The number of aromatic nitrogens is 4. The fourth-order valence-electron chi connectivity index (χ4n) is 3.57. The molecule has 7 nitrogen and oxygen atoms in total. The lowest BCUT2D eigenvalue weighted by molar-refractivity contribution is -0.113. The molecule has 1 aliphatic carbocycles. The summed E-state index contributed by atoms with van der Waals surface area (Å²) in [6.45, 7) is 2.04. The predicted molar refractivity (Wildman–Crippen MR) is 113 cm³/mol. The van der Waals surface area contributed by atoms with Gasteiger partial charge in [-0.3, -0.25) is 9.36 Å². The van der Waals surface area contributed by atoms with Crippen LogP contribution in [0.2, 0.25) is 0 Å². The lowest BCUT2D eigenvalue weighted by atomic mass is 10.1.